The highest BCUT2D eigenvalue weighted by molar-refractivity contribution is 5.69. The van der Waals surface area contributed by atoms with Gasteiger partial charge in [-0.1, -0.05) is 52.4 Å². The second-order valence-electron chi connectivity index (χ2n) is 4.70. The van der Waals surface area contributed by atoms with Crippen LogP contribution >= 0.6 is 0 Å². The lowest BCUT2D eigenvalue weighted by molar-refractivity contribution is -0.144. The number of unbranched alkanes of at least 4 members (excludes halogenated alkanes) is 5. The van der Waals surface area contributed by atoms with Crippen LogP contribution in [-0.2, 0) is 9.53 Å². The number of carbonyl (C=O) groups excluding carboxylic acids is 1. The molecule has 0 heterocycles. The van der Waals surface area contributed by atoms with Crippen LogP contribution in [-0.4, -0.2) is 19.1 Å². The van der Waals surface area contributed by atoms with Gasteiger partial charge < -0.3 is 10.5 Å². The zero-order chi connectivity index (χ0) is 12.9. The average Bonchev–Trinajstić information content (AvgIpc) is 2.34. The zero-order valence-corrected chi connectivity index (χ0v) is 11.5. The van der Waals surface area contributed by atoms with E-state index in [0.717, 1.165) is 12.8 Å². The Hall–Kier alpha value is -0.570. The first-order valence-electron chi connectivity index (χ1n) is 7.10. The molecule has 0 bridgehead atoms. The first-order chi connectivity index (χ1) is 8.24. The Bertz CT molecular complexity index is 179. The van der Waals surface area contributed by atoms with Crippen molar-refractivity contribution in [3.8, 4) is 0 Å². The molecule has 0 rings (SSSR count). The normalized spacial score (nSPS) is 12.4. The minimum atomic E-state index is -0.0872. The second-order valence-corrected chi connectivity index (χ2v) is 4.70. The van der Waals surface area contributed by atoms with Crippen molar-refractivity contribution in [1.82, 2.24) is 0 Å². The van der Waals surface area contributed by atoms with Crippen LogP contribution in [0.15, 0.2) is 0 Å². The van der Waals surface area contributed by atoms with Crippen LogP contribution in [0.1, 0.15) is 65.2 Å². The van der Waals surface area contributed by atoms with Crippen molar-refractivity contribution in [2.24, 2.45) is 11.7 Å². The van der Waals surface area contributed by atoms with Gasteiger partial charge in [-0.05, 0) is 18.9 Å². The summed E-state index contributed by atoms with van der Waals surface area (Å²) < 4.78 is 5.19. The van der Waals surface area contributed by atoms with Crippen LogP contribution in [0.2, 0.25) is 0 Å². The molecule has 0 aromatic rings. The van der Waals surface area contributed by atoms with Crippen LogP contribution in [0.3, 0.4) is 0 Å². The van der Waals surface area contributed by atoms with E-state index in [1.165, 1.54) is 32.1 Å². The molecule has 0 aromatic heterocycles. The van der Waals surface area contributed by atoms with E-state index in [0.29, 0.717) is 19.6 Å². The van der Waals surface area contributed by atoms with E-state index in [2.05, 4.69) is 13.8 Å². The quantitative estimate of drug-likeness (QED) is 0.447. The Morgan fingerprint density at radius 1 is 1.12 bits per heavy atom. The van der Waals surface area contributed by atoms with Crippen LogP contribution in [0, 0.1) is 5.92 Å². The molecule has 1 unspecified atom stereocenters. The molecule has 1 atom stereocenters. The van der Waals surface area contributed by atoms with Gasteiger partial charge in [0.25, 0.3) is 0 Å². The van der Waals surface area contributed by atoms with Gasteiger partial charge in [-0.15, -0.1) is 0 Å². The third-order valence-corrected chi connectivity index (χ3v) is 3.13. The number of hydrogen-bond donors (Lipinski definition) is 1. The Balaban J connectivity index is 3.33. The second kappa shape index (κ2) is 11.9. The SMILES string of the molecule is CCCCCCCCOC(=O)CC(CC)CN. The molecule has 0 saturated carbocycles. The summed E-state index contributed by atoms with van der Waals surface area (Å²) in [5, 5.41) is 0. The first kappa shape index (κ1) is 16.4. The lowest BCUT2D eigenvalue weighted by Crippen LogP contribution is -2.19. The van der Waals surface area contributed by atoms with Gasteiger partial charge in [-0.25, -0.2) is 0 Å². The molecular formula is C14H29NO2. The number of esters is 1. The lowest BCUT2D eigenvalue weighted by atomic mass is 10.0. The van der Waals surface area contributed by atoms with Gasteiger partial charge in [0.15, 0.2) is 0 Å². The molecule has 0 aliphatic rings. The maximum atomic E-state index is 11.4. The molecule has 0 aliphatic heterocycles. The third kappa shape index (κ3) is 10.3. The van der Waals surface area contributed by atoms with Gasteiger partial charge in [-0.2, -0.15) is 0 Å². The summed E-state index contributed by atoms with van der Waals surface area (Å²) in [5.74, 6) is 0.197. The minimum absolute atomic E-state index is 0.0872. The van der Waals surface area contributed by atoms with Crippen LogP contribution in [0.4, 0.5) is 0 Å². The maximum Gasteiger partial charge on any atom is 0.306 e. The Morgan fingerprint density at radius 3 is 2.35 bits per heavy atom. The molecule has 3 nitrogen and oxygen atoms in total. The number of nitrogens with two attached hydrogens (primary N) is 1. The Morgan fingerprint density at radius 2 is 1.76 bits per heavy atom. The molecule has 0 amide bonds. The molecule has 0 saturated heterocycles. The van der Waals surface area contributed by atoms with Crippen LogP contribution < -0.4 is 5.73 Å². The van der Waals surface area contributed by atoms with Crippen molar-refractivity contribution in [3.05, 3.63) is 0 Å². The van der Waals surface area contributed by atoms with E-state index in [9.17, 15) is 4.79 Å². The van der Waals surface area contributed by atoms with Crippen molar-refractivity contribution >= 4 is 5.97 Å². The minimum Gasteiger partial charge on any atom is -0.466 e. The number of carbonyl (C=O) groups is 1. The van der Waals surface area contributed by atoms with Gasteiger partial charge in [0.2, 0.25) is 0 Å². The number of hydrogen-bond acceptors (Lipinski definition) is 3. The predicted octanol–water partition coefficient (Wildman–Crippen LogP) is 3.27. The van der Waals surface area contributed by atoms with Crippen molar-refractivity contribution in [3.63, 3.8) is 0 Å². The molecule has 0 spiro atoms. The van der Waals surface area contributed by atoms with Gasteiger partial charge in [-0.3, -0.25) is 4.79 Å². The summed E-state index contributed by atoms with van der Waals surface area (Å²) in [5.41, 5.74) is 5.55. The number of ether oxygens (including phenoxy) is 1. The molecule has 102 valence electrons. The molecule has 0 fully saturated rings. The summed E-state index contributed by atoms with van der Waals surface area (Å²) in [7, 11) is 0. The first-order valence-corrected chi connectivity index (χ1v) is 7.10. The fourth-order valence-corrected chi connectivity index (χ4v) is 1.76. The van der Waals surface area contributed by atoms with E-state index < -0.39 is 0 Å². The summed E-state index contributed by atoms with van der Waals surface area (Å²) in [6, 6.07) is 0. The van der Waals surface area contributed by atoms with Gasteiger partial charge >= 0.3 is 5.97 Å². The molecule has 0 aliphatic carbocycles. The zero-order valence-electron chi connectivity index (χ0n) is 11.5. The van der Waals surface area contributed by atoms with Gasteiger partial charge in [0.1, 0.15) is 0 Å². The largest absolute Gasteiger partial charge is 0.466 e. The van der Waals surface area contributed by atoms with Crippen LogP contribution in [0.25, 0.3) is 0 Å². The van der Waals surface area contributed by atoms with Crippen LogP contribution in [0.5, 0.6) is 0 Å². The molecule has 0 radical (unpaired) electrons. The summed E-state index contributed by atoms with van der Waals surface area (Å²) >= 11 is 0. The van der Waals surface area contributed by atoms with Gasteiger partial charge in [0, 0.05) is 6.42 Å². The summed E-state index contributed by atoms with van der Waals surface area (Å²) in [6.45, 7) is 5.41. The summed E-state index contributed by atoms with van der Waals surface area (Å²) in [4.78, 5) is 11.4. The van der Waals surface area contributed by atoms with E-state index in [1.54, 1.807) is 0 Å². The monoisotopic (exact) mass is 243 g/mol. The van der Waals surface area contributed by atoms with Crippen molar-refractivity contribution in [2.75, 3.05) is 13.2 Å². The van der Waals surface area contributed by atoms with Crippen molar-refractivity contribution in [1.29, 1.82) is 0 Å². The fourth-order valence-electron chi connectivity index (χ4n) is 1.76. The molecular weight excluding hydrogens is 214 g/mol. The highest BCUT2D eigenvalue weighted by atomic mass is 16.5. The molecule has 3 heteroatoms. The lowest BCUT2D eigenvalue weighted by Gasteiger charge is -2.11. The topological polar surface area (TPSA) is 52.3 Å². The fraction of sp³-hybridized carbons (Fsp3) is 0.929. The average molecular weight is 243 g/mol. The van der Waals surface area contributed by atoms with E-state index in [-0.39, 0.29) is 11.9 Å². The predicted molar refractivity (Wildman–Crippen MR) is 71.8 cm³/mol. The third-order valence-electron chi connectivity index (χ3n) is 3.13. The van der Waals surface area contributed by atoms with Crippen molar-refractivity contribution < 1.29 is 9.53 Å². The van der Waals surface area contributed by atoms with E-state index in [4.69, 9.17) is 10.5 Å². The standard InChI is InChI=1S/C14H29NO2/c1-3-5-6-7-8-9-10-17-14(16)11-13(4-2)12-15/h13H,3-12,15H2,1-2H3. The molecule has 0 aromatic carbocycles. The van der Waals surface area contributed by atoms with E-state index >= 15 is 0 Å². The highest BCUT2D eigenvalue weighted by Crippen LogP contribution is 2.08. The van der Waals surface area contributed by atoms with Gasteiger partial charge in [0.05, 0.1) is 6.61 Å². The summed E-state index contributed by atoms with van der Waals surface area (Å²) in [6.07, 6.45) is 8.73. The molecule has 17 heavy (non-hydrogen) atoms. The number of rotatable bonds is 11. The highest BCUT2D eigenvalue weighted by Gasteiger charge is 2.11. The van der Waals surface area contributed by atoms with Crippen molar-refractivity contribution in [2.45, 2.75) is 65.2 Å². The Kier molecular flexibility index (Phi) is 11.5. The Labute approximate surface area is 106 Å². The smallest absolute Gasteiger partial charge is 0.306 e. The maximum absolute atomic E-state index is 11.4. The van der Waals surface area contributed by atoms with E-state index in [1.807, 2.05) is 0 Å². The molecule has 2 N–H and O–H groups in total.